The summed E-state index contributed by atoms with van der Waals surface area (Å²) in [5.74, 6) is -0.870. The molecule has 2 aromatic rings. The fraction of sp³-hybridized carbons (Fsp3) is 0.464. The molecule has 38 heavy (non-hydrogen) atoms. The van der Waals surface area contributed by atoms with Crippen LogP contribution < -0.4 is 15.4 Å². The molecule has 2 aromatic carbocycles. The van der Waals surface area contributed by atoms with Crippen LogP contribution in [-0.4, -0.2) is 82.9 Å². The van der Waals surface area contributed by atoms with Crippen LogP contribution in [0.1, 0.15) is 54.0 Å². The van der Waals surface area contributed by atoms with E-state index >= 15 is 0 Å². The summed E-state index contributed by atoms with van der Waals surface area (Å²) in [5.41, 5.74) is 1.99. The normalized spacial score (nSPS) is 18.3. The van der Waals surface area contributed by atoms with Crippen molar-refractivity contribution in [3.05, 3.63) is 59.2 Å². The van der Waals surface area contributed by atoms with E-state index in [2.05, 4.69) is 15.5 Å². The first-order valence-corrected chi connectivity index (χ1v) is 12.8. The number of fused-ring (bicyclic) bond motifs is 1. The number of carboxylic acid groups (broad SMARTS) is 1. The second-order valence-electron chi connectivity index (χ2n) is 10.3. The van der Waals surface area contributed by atoms with E-state index in [4.69, 9.17) is 9.84 Å². The average molecular weight is 527 g/mol. The molecule has 0 radical (unpaired) electrons. The number of anilines is 1. The molecular formula is C28H38N4O6. The lowest BCUT2D eigenvalue weighted by molar-refractivity contribution is 0.0341. The lowest BCUT2D eigenvalue weighted by Crippen LogP contribution is -2.49. The Morgan fingerprint density at radius 2 is 1.84 bits per heavy atom. The SMILES string of the molecule is CC(C)NC(=O)Nc1ccc2c(c1)C(=O)N([C@@H](C)CO)C[C@@H](C)[C@H](CN(C)Cc1ccc(C(=O)O)cc1)O2. The number of aromatic carboxylic acids is 1. The molecule has 3 atom stereocenters. The number of likely N-dealkylation sites (N-methyl/N-ethyl adjacent to an activating group) is 1. The van der Waals surface area contributed by atoms with Gasteiger partial charge in [-0.1, -0.05) is 19.1 Å². The third-order valence-corrected chi connectivity index (χ3v) is 6.49. The van der Waals surface area contributed by atoms with Gasteiger partial charge < -0.3 is 30.5 Å². The van der Waals surface area contributed by atoms with Gasteiger partial charge in [-0.15, -0.1) is 0 Å². The van der Waals surface area contributed by atoms with E-state index in [0.717, 1.165) is 5.56 Å². The number of hydrogen-bond acceptors (Lipinski definition) is 6. The molecule has 0 bridgehead atoms. The summed E-state index contributed by atoms with van der Waals surface area (Å²) in [4.78, 5) is 40.6. The maximum Gasteiger partial charge on any atom is 0.335 e. The molecule has 206 valence electrons. The van der Waals surface area contributed by atoms with Crippen molar-refractivity contribution in [3.8, 4) is 5.75 Å². The van der Waals surface area contributed by atoms with Gasteiger partial charge in [-0.05, 0) is 63.7 Å². The highest BCUT2D eigenvalue weighted by Crippen LogP contribution is 2.30. The molecule has 1 aliphatic rings. The van der Waals surface area contributed by atoms with Crippen molar-refractivity contribution in [2.24, 2.45) is 5.92 Å². The van der Waals surface area contributed by atoms with Gasteiger partial charge in [-0.25, -0.2) is 9.59 Å². The molecule has 3 amide bonds. The van der Waals surface area contributed by atoms with Gasteiger partial charge >= 0.3 is 12.0 Å². The molecule has 0 spiro atoms. The van der Waals surface area contributed by atoms with Crippen LogP contribution in [0.2, 0.25) is 0 Å². The van der Waals surface area contributed by atoms with E-state index in [0.29, 0.717) is 36.6 Å². The Bertz CT molecular complexity index is 1140. The number of carboxylic acids is 1. The van der Waals surface area contributed by atoms with E-state index in [-0.39, 0.29) is 42.2 Å². The van der Waals surface area contributed by atoms with Gasteiger partial charge in [-0.3, -0.25) is 9.69 Å². The molecule has 10 nitrogen and oxygen atoms in total. The van der Waals surface area contributed by atoms with Crippen molar-refractivity contribution in [1.29, 1.82) is 0 Å². The molecule has 4 N–H and O–H groups in total. The van der Waals surface area contributed by atoms with Crippen LogP contribution in [0.25, 0.3) is 0 Å². The summed E-state index contributed by atoms with van der Waals surface area (Å²) in [6.07, 6.45) is -0.276. The number of nitrogens with zero attached hydrogens (tertiary/aromatic N) is 2. The van der Waals surface area contributed by atoms with Crippen LogP contribution in [0.5, 0.6) is 5.75 Å². The van der Waals surface area contributed by atoms with Crippen LogP contribution >= 0.6 is 0 Å². The molecule has 1 aliphatic heterocycles. The Balaban J connectivity index is 1.84. The van der Waals surface area contributed by atoms with Gasteiger partial charge in [0.1, 0.15) is 11.9 Å². The predicted molar refractivity (Wildman–Crippen MR) is 145 cm³/mol. The fourth-order valence-corrected chi connectivity index (χ4v) is 4.38. The molecule has 0 saturated heterocycles. The number of urea groups is 1. The maximum atomic E-state index is 13.6. The van der Waals surface area contributed by atoms with Gasteiger partial charge in [0, 0.05) is 37.3 Å². The van der Waals surface area contributed by atoms with Crippen molar-refractivity contribution < 1.29 is 29.3 Å². The standard InChI is InChI=1S/C28H38N4O6/c1-17(2)29-28(37)30-22-10-11-24-23(12-22)26(34)32(19(4)16-33)13-18(3)25(38-24)15-31(5)14-20-6-8-21(9-7-20)27(35)36/h6-12,17-19,25,33H,13-16H2,1-5H3,(H,35,36)(H2,29,30,37)/t18-,19+,25+/m1/s1. The zero-order valence-electron chi connectivity index (χ0n) is 22.6. The zero-order chi connectivity index (χ0) is 28.0. The van der Waals surface area contributed by atoms with Crippen molar-refractivity contribution in [2.75, 3.05) is 32.1 Å². The number of nitrogens with one attached hydrogen (secondary N) is 2. The summed E-state index contributed by atoms with van der Waals surface area (Å²) in [6.45, 7) is 8.87. The lowest BCUT2D eigenvalue weighted by atomic mass is 9.99. The first kappa shape index (κ1) is 28.9. The highest BCUT2D eigenvalue weighted by Gasteiger charge is 2.33. The fourth-order valence-electron chi connectivity index (χ4n) is 4.38. The molecule has 10 heteroatoms. The molecule has 0 saturated carbocycles. The van der Waals surface area contributed by atoms with Crippen molar-refractivity contribution >= 4 is 23.6 Å². The van der Waals surface area contributed by atoms with Crippen LogP contribution in [0, 0.1) is 5.92 Å². The van der Waals surface area contributed by atoms with Crippen molar-refractivity contribution in [3.63, 3.8) is 0 Å². The van der Waals surface area contributed by atoms with Gasteiger partial charge in [-0.2, -0.15) is 0 Å². The number of rotatable bonds is 9. The second kappa shape index (κ2) is 12.7. The number of aliphatic hydroxyl groups excluding tert-OH is 1. The van der Waals surface area contributed by atoms with Gasteiger partial charge in [0.2, 0.25) is 0 Å². The molecule has 0 aliphatic carbocycles. The number of hydrogen-bond donors (Lipinski definition) is 4. The number of carbonyl (C=O) groups is 3. The Hall–Kier alpha value is -3.63. The molecule has 0 unspecified atom stereocenters. The van der Waals surface area contributed by atoms with Gasteiger partial charge in [0.25, 0.3) is 5.91 Å². The topological polar surface area (TPSA) is 131 Å². The number of amides is 3. The molecule has 3 rings (SSSR count). The van der Waals surface area contributed by atoms with Crippen LogP contribution in [0.3, 0.4) is 0 Å². The first-order valence-electron chi connectivity index (χ1n) is 12.8. The number of benzene rings is 2. The van der Waals surface area contributed by atoms with Crippen LogP contribution in [0.4, 0.5) is 10.5 Å². The Morgan fingerprint density at radius 3 is 2.45 bits per heavy atom. The largest absolute Gasteiger partial charge is 0.488 e. The third-order valence-electron chi connectivity index (χ3n) is 6.49. The summed E-state index contributed by atoms with van der Waals surface area (Å²) in [5, 5.41) is 24.5. The van der Waals surface area contributed by atoms with E-state index in [1.165, 1.54) is 0 Å². The first-order chi connectivity index (χ1) is 18.0. The smallest absolute Gasteiger partial charge is 0.335 e. The minimum Gasteiger partial charge on any atom is -0.488 e. The Morgan fingerprint density at radius 1 is 1.16 bits per heavy atom. The minimum atomic E-state index is -0.963. The summed E-state index contributed by atoms with van der Waals surface area (Å²) >= 11 is 0. The number of ether oxygens (including phenoxy) is 1. The van der Waals surface area contributed by atoms with E-state index in [1.807, 2.05) is 27.8 Å². The summed E-state index contributed by atoms with van der Waals surface area (Å²) in [6, 6.07) is 10.9. The summed E-state index contributed by atoms with van der Waals surface area (Å²) < 4.78 is 6.41. The van der Waals surface area contributed by atoms with Crippen molar-refractivity contribution in [2.45, 2.75) is 52.4 Å². The minimum absolute atomic E-state index is 0.0421. The lowest BCUT2D eigenvalue weighted by Gasteiger charge is -2.38. The number of aliphatic hydroxyl groups is 1. The van der Waals surface area contributed by atoms with Crippen LogP contribution in [0.15, 0.2) is 42.5 Å². The van der Waals surface area contributed by atoms with E-state index < -0.39 is 12.0 Å². The third kappa shape index (κ3) is 7.45. The van der Waals surface area contributed by atoms with Gasteiger partial charge in [0.05, 0.1) is 23.8 Å². The number of carbonyl (C=O) groups excluding carboxylic acids is 2. The average Bonchev–Trinajstić information content (AvgIpc) is 2.85. The zero-order valence-corrected chi connectivity index (χ0v) is 22.6. The predicted octanol–water partition coefficient (Wildman–Crippen LogP) is 3.27. The van der Waals surface area contributed by atoms with E-state index in [1.54, 1.807) is 54.3 Å². The van der Waals surface area contributed by atoms with E-state index in [9.17, 15) is 19.5 Å². The molecule has 0 aromatic heterocycles. The van der Waals surface area contributed by atoms with Gasteiger partial charge in [0.15, 0.2) is 0 Å². The quantitative estimate of drug-likeness (QED) is 0.394. The monoisotopic (exact) mass is 526 g/mol. The maximum absolute atomic E-state index is 13.6. The highest BCUT2D eigenvalue weighted by atomic mass is 16.5. The molecular weight excluding hydrogens is 488 g/mol. The summed E-state index contributed by atoms with van der Waals surface area (Å²) in [7, 11) is 1.96. The van der Waals surface area contributed by atoms with Crippen molar-refractivity contribution in [1.82, 2.24) is 15.1 Å². The molecule has 0 fully saturated rings. The Labute approximate surface area is 223 Å². The Kier molecular flexibility index (Phi) is 9.71. The second-order valence-corrected chi connectivity index (χ2v) is 10.3. The van der Waals surface area contributed by atoms with Crippen LogP contribution in [-0.2, 0) is 6.54 Å². The highest BCUT2D eigenvalue weighted by molar-refractivity contribution is 5.99. The molecule has 1 heterocycles.